The molecule has 0 aliphatic carbocycles. The lowest BCUT2D eigenvalue weighted by molar-refractivity contribution is -0.147. The van der Waals surface area contributed by atoms with Crippen molar-refractivity contribution >= 4 is 23.5 Å². The highest BCUT2D eigenvalue weighted by molar-refractivity contribution is 6.30. The van der Waals surface area contributed by atoms with Gasteiger partial charge in [-0.3, -0.25) is 4.79 Å². The molecule has 104 valence electrons. The van der Waals surface area contributed by atoms with Crippen LogP contribution < -0.4 is 10.1 Å². The zero-order chi connectivity index (χ0) is 14.5. The smallest absolute Gasteiger partial charge is 0.329 e. The van der Waals surface area contributed by atoms with Crippen LogP contribution in [-0.2, 0) is 9.59 Å². The Morgan fingerprint density at radius 3 is 2.42 bits per heavy atom. The summed E-state index contributed by atoms with van der Waals surface area (Å²) in [6.07, 6.45) is 0.287. The first-order chi connectivity index (χ1) is 8.87. The second-order valence-corrected chi connectivity index (χ2v) is 4.72. The molecule has 0 fully saturated rings. The lowest BCUT2D eigenvalue weighted by atomic mass is 9.99. The van der Waals surface area contributed by atoms with Gasteiger partial charge in [-0.15, -0.1) is 0 Å². The first kappa shape index (κ1) is 15.3. The van der Waals surface area contributed by atoms with E-state index in [4.69, 9.17) is 21.4 Å². The molecule has 0 heterocycles. The van der Waals surface area contributed by atoms with Gasteiger partial charge in [-0.25, -0.2) is 4.79 Å². The first-order valence-electron chi connectivity index (χ1n) is 5.80. The predicted molar refractivity (Wildman–Crippen MR) is 71.4 cm³/mol. The maximum atomic E-state index is 11.6. The van der Waals surface area contributed by atoms with Crippen LogP contribution >= 0.6 is 11.6 Å². The molecule has 1 aromatic carbocycles. The molecule has 0 saturated carbocycles. The number of hydrogen-bond acceptors (Lipinski definition) is 3. The van der Waals surface area contributed by atoms with E-state index in [1.807, 2.05) is 0 Å². The van der Waals surface area contributed by atoms with E-state index in [9.17, 15) is 9.59 Å². The Bertz CT molecular complexity index is 460. The number of aliphatic carboxylic acids is 1. The van der Waals surface area contributed by atoms with Gasteiger partial charge in [0, 0.05) is 5.02 Å². The van der Waals surface area contributed by atoms with Crippen LogP contribution in [0.3, 0.4) is 0 Å². The summed E-state index contributed by atoms with van der Waals surface area (Å²) in [6.45, 7) is 2.90. The van der Waals surface area contributed by atoms with E-state index in [2.05, 4.69) is 5.32 Å². The molecule has 1 unspecified atom stereocenters. The standard InChI is InChI=1S/C13H16ClNO4/c1-3-13(2,12(17)18)15-11(16)8-19-10-6-4-9(14)5-7-10/h4-7H,3,8H2,1-2H3,(H,15,16)(H,17,18). The number of hydrogen-bond donors (Lipinski definition) is 2. The number of carboxylic acids is 1. The molecule has 0 aliphatic rings. The molecule has 19 heavy (non-hydrogen) atoms. The van der Waals surface area contributed by atoms with Gasteiger partial charge in [0.2, 0.25) is 0 Å². The van der Waals surface area contributed by atoms with Crippen molar-refractivity contribution in [1.29, 1.82) is 0 Å². The van der Waals surface area contributed by atoms with E-state index < -0.39 is 17.4 Å². The number of nitrogens with one attached hydrogen (secondary N) is 1. The predicted octanol–water partition coefficient (Wildman–Crippen LogP) is 2.09. The van der Waals surface area contributed by atoms with Crippen LogP contribution in [0.4, 0.5) is 0 Å². The number of rotatable bonds is 6. The van der Waals surface area contributed by atoms with Crippen LogP contribution in [0.5, 0.6) is 5.75 Å². The second-order valence-electron chi connectivity index (χ2n) is 4.28. The highest BCUT2D eigenvalue weighted by atomic mass is 35.5. The van der Waals surface area contributed by atoms with Gasteiger partial charge in [0.15, 0.2) is 6.61 Å². The Morgan fingerprint density at radius 2 is 1.95 bits per heavy atom. The molecule has 0 saturated heterocycles. The third-order valence-electron chi connectivity index (χ3n) is 2.78. The van der Waals surface area contributed by atoms with Crippen molar-refractivity contribution in [3.8, 4) is 5.75 Å². The van der Waals surface area contributed by atoms with Crippen molar-refractivity contribution in [3.63, 3.8) is 0 Å². The number of carbonyl (C=O) groups excluding carboxylic acids is 1. The monoisotopic (exact) mass is 285 g/mol. The molecule has 1 amide bonds. The fourth-order valence-corrected chi connectivity index (χ4v) is 1.44. The molecular formula is C13H16ClNO4. The molecule has 1 rings (SSSR count). The zero-order valence-electron chi connectivity index (χ0n) is 10.8. The third kappa shape index (κ3) is 4.44. The minimum Gasteiger partial charge on any atom is -0.484 e. The van der Waals surface area contributed by atoms with E-state index in [-0.39, 0.29) is 13.0 Å². The topological polar surface area (TPSA) is 75.6 Å². The van der Waals surface area contributed by atoms with Gasteiger partial charge in [0.25, 0.3) is 5.91 Å². The Morgan fingerprint density at radius 1 is 1.37 bits per heavy atom. The van der Waals surface area contributed by atoms with Crippen LogP contribution in [0, 0.1) is 0 Å². The average Bonchev–Trinajstić information content (AvgIpc) is 2.37. The van der Waals surface area contributed by atoms with Gasteiger partial charge >= 0.3 is 5.97 Å². The van der Waals surface area contributed by atoms with E-state index in [0.717, 1.165) is 0 Å². The van der Waals surface area contributed by atoms with Crippen LogP contribution in [0.2, 0.25) is 5.02 Å². The summed E-state index contributed by atoms with van der Waals surface area (Å²) in [5.74, 6) is -1.07. The fourth-order valence-electron chi connectivity index (χ4n) is 1.32. The summed E-state index contributed by atoms with van der Waals surface area (Å²) < 4.78 is 5.23. The lowest BCUT2D eigenvalue weighted by Gasteiger charge is -2.24. The Hall–Kier alpha value is -1.75. The van der Waals surface area contributed by atoms with Gasteiger partial charge in [-0.1, -0.05) is 18.5 Å². The van der Waals surface area contributed by atoms with Crippen molar-refractivity contribution in [3.05, 3.63) is 29.3 Å². The molecule has 5 nitrogen and oxygen atoms in total. The first-order valence-corrected chi connectivity index (χ1v) is 6.18. The average molecular weight is 286 g/mol. The van der Waals surface area contributed by atoms with Crippen LogP contribution in [0.15, 0.2) is 24.3 Å². The molecule has 0 radical (unpaired) electrons. The SMILES string of the molecule is CCC(C)(NC(=O)COc1ccc(Cl)cc1)C(=O)O. The van der Waals surface area contributed by atoms with E-state index in [0.29, 0.717) is 10.8 Å². The molecule has 1 atom stereocenters. The van der Waals surface area contributed by atoms with Gasteiger partial charge < -0.3 is 15.2 Å². The quantitative estimate of drug-likeness (QED) is 0.839. The van der Waals surface area contributed by atoms with Crippen molar-refractivity contribution in [2.24, 2.45) is 0 Å². The molecule has 0 aromatic heterocycles. The summed E-state index contributed by atoms with van der Waals surface area (Å²) in [6, 6.07) is 6.54. The van der Waals surface area contributed by atoms with Crippen molar-refractivity contribution in [2.75, 3.05) is 6.61 Å². The minimum atomic E-state index is -1.28. The summed E-state index contributed by atoms with van der Waals surface area (Å²) in [5, 5.41) is 12.0. The maximum absolute atomic E-state index is 11.6. The van der Waals surface area contributed by atoms with Crippen molar-refractivity contribution in [1.82, 2.24) is 5.32 Å². The number of ether oxygens (including phenoxy) is 1. The molecule has 0 aliphatic heterocycles. The van der Waals surface area contributed by atoms with Gasteiger partial charge in [0.1, 0.15) is 11.3 Å². The molecule has 2 N–H and O–H groups in total. The summed E-state index contributed by atoms with van der Waals surface area (Å²) in [4.78, 5) is 22.7. The molecule has 0 bridgehead atoms. The van der Waals surface area contributed by atoms with Crippen LogP contribution in [-0.4, -0.2) is 29.1 Å². The van der Waals surface area contributed by atoms with Gasteiger partial charge in [0.05, 0.1) is 0 Å². The Labute approximate surface area is 116 Å². The van der Waals surface area contributed by atoms with E-state index in [1.165, 1.54) is 6.92 Å². The maximum Gasteiger partial charge on any atom is 0.329 e. The van der Waals surface area contributed by atoms with Crippen LogP contribution in [0.1, 0.15) is 20.3 Å². The summed E-state index contributed by atoms with van der Waals surface area (Å²) in [5.41, 5.74) is -1.28. The van der Waals surface area contributed by atoms with Crippen LogP contribution in [0.25, 0.3) is 0 Å². The van der Waals surface area contributed by atoms with E-state index in [1.54, 1.807) is 31.2 Å². The summed E-state index contributed by atoms with van der Waals surface area (Å²) >= 11 is 5.72. The molecular weight excluding hydrogens is 270 g/mol. The number of carbonyl (C=O) groups is 2. The third-order valence-corrected chi connectivity index (χ3v) is 3.03. The van der Waals surface area contributed by atoms with Crippen molar-refractivity contribution < 1.29 is 19.4 Å². The zero-order valence-corrected chi connectivity index (χ0v) is 11.5. The normalized spacial score (nSPS) is 13.4. The number of amides is 1. The lowest BCUT2D eigenvalue weighted by Crippen LogP contribution is -2.53. The molecule has 1 aromatic rings. The highest BCUT2D eigenvalue weighted by Crippen LogP contribution is 2.15. The van der Waals surface area contributed by atoms with Gasteiger partial charge in [-0.2, -0.15) is 0 Å². The minimum absolute atomic E-state index is 0.246. The van der Waals surface area contributed by atoms with Crippen molar-refractivity contribution in [2.45, 2.75) is 25.8 Å². The summed E-state index contributed by atoms with van der Waals surface area (Å²) in [7, 11) is 0. The van der Waals surface area contributed by atoms with E-state index >= 15 is 0 Å². The molecule has 0 spiro atoms. The number of halogens is 1. The fraction of sp³-hybridized carbons (Fsp3) is 0.385. The molecule has 6 heteroatoms. The number of carboxylic acid groups (broad SMARTS) is 1. The largest absolute Gasteiger partial charge is 0.484 e. The second kappa shape index (κ2) is 6.43. The highest BCUT2D eigenvalue weighted by Gasteiger charge is 2.32. The van der Waals surface area contributed by atoms with Gasteiger partial charge in [-0.05, 0) is 37.6 Å². The Kier molecular flexibility index (Phi) is 5.18. The number of benzene rings is 1. The Balaban J connectivity index is 2.52.